The van der Waals surface area contributed by atoms with E-state index in [9.17, 15) is 8.42 Å². The van der Waals surface area contributed by atoms with Crippen LogP contribution in [0.4, 0.5) is 5.69 Å². The van der Waals surface area contributed by atoms with Crippen molar-refractivity contribution in [1.29, 1.82) is 0 Å². The first-order chi connectivity index (χ1) is 13.8. The first-order valence-corrected chi connectivity index (χ1v) is 10.8. The molecule has 0 N–H and O–H groups in total. The van der Waals surface area contributed by atoms with Crippen LogP contribution in [0.5, 0.6) is 5.75 Å². The van der Waals surface area contributed by atoms with Crippen LogP contribution in [-0.2, 0) is 9.84 Å². The molecule has 0 unspecified atom stereocenters. The van der Waals surface area contributed by atoms with E-state index in [1.54, 1.807) is 30.3 Å². The second-order valence-electron chi connectivity index (χ2n) is 6.80. The molecule has 29 heavy (non-hydrogen) atoms. The van der Waals surface area contributed by atoms with E-state index in [-0.39, 0.29) is 10.8 Å². The Morgan fingerprint density at radius 2 is 1.62 bits per heavy atom. The fourth-order valence-electron chi connectivity index (χ4n) is 2.65. The molecular formula is C24H23NO3S. The molecule has 0 saturated carbocycles. The summed E-state index contributed by atoms with van der Waals surface area (Å²) in [6.45, 7) is 5.99. The second-order valence-corrected chi connectivity index (χ2v) is 8.63. The van der Waals surface area contributed by atoms with Gasteiger partial charge in [0.1, 0.15) is 5.75 Å². The molecule has 0 aliphatic heterocycles. The lowest BCUT2D eigenvalue weighted by Gasteiger charge is -2.08. The predicted octanol–water partition coefficient (Wildman–Crippen LogP) is 5.71. The van der Waals surface area contributed by atoms with Gasteiger partial charge in [-0.3, -0.25) is 0 Å². The number of sulfone groups is 1. The number of benzene rings is 3. The van der Waals surface area contributed by atoms with Gasteiger partial charge in [0.05, 0.1) is 10.6 Å². The van der Waals surface area contributed by atoms with Gasteiger partial charge in [-0.2, -0.15) is 0 Å². The van der Waals surface area contributed by atoms with Crippen LogP contribution in [0.3, 0.4) is 0 Å². The topological polar surface area (TPSA) is 55.7 Å². The van der Waals surface area contributed by atoms with E-state index in [2.05, 4.69) is 4.99 Å². The van der Waals surface area contributed by atoms with Gasteiger partial charge < -0.3 is 4.74 Å². The van der Waals surface area contributed by atoms with Gasteiger partial charge in [-0.25, -0.2) is 13.4 Å². The van der Waals surface area contributed by atoms with Crippen LogP contribution in [0.1, 0.15) is 16.7 Å². The quantitative estimate of drug-likeness (QED) is 0.404. The summed E-state index contributed by atoms with van der Waals surface area (Å²) in [6.07, 6.45) is 1.39. The Hall–Kier alpha value is -3.18. The Bertz CT molecular complexity index is 1160. The molecule has 0 aromatic heterocycles. The summed E-state index contributed by atoms with van der Waals surface area (Å²) in [6, 6.07) is 21.6. The van der Waals surface area contributed by atoms with Crippen molar-refractivity contribution in [2.45, 2.75) is 25.7 Å². The van der Waals surface area contributed by atoms with E-state index in [4.69, 9.17) is 4.74 Å². The largest absolute Gasteiger partial charge is 0.439 e. The van der Waals surface area contributed by atoms with Crippen LogP contribution >= 0.6 is 0 Å². The highest BCUT2D eigenvalue weighted by atomic mass is 32.2. The minimum atomic E-state index is -3.60. The maximum absolute atomic E-state index is 12.6. The maximum atomic E-state index is 12.6. The van der Waals surface area contributed by atoms with Crippen molar-refractivity contribution in [2.75, 3.05) is 0 Å². The number of rotatable bonds is 5. The van der Waals surface area contributed by atoms with Gasteiger partial charge in [-0.15, -0.1) is 0 Å². The SMILES string of the molecule is Cc1cccc(OC(/C=C/S(=O)(=O)c2ccccc2)=N\c2ccc(C)c(C)c2)c1. The zero-order valence-corrected chi connectivity index (χ0v) is 17.5. The van der Waals surface area contributed by atoms with Gasteiger partial charge in [-0.05, 0) is 73.9 Å². The fourth-order valence-corrected chi connectivity index (χ4v) is 3.64. The summed E-state index contributed by atoms with van der Waals surface area (Å²) in [5.41, 5.74) is 3.99. The molecule has 0 heterocycles. The Morgan fingerprint density at radius 1 is 0.862 bits per heavy atom. The maximum Gasteiger partial charge on any atom is 0.220 e. The second kappa shape index (κ2) is 8.88. The smallest absolute Gasteiger partial charge is 0.220 e. The lowest BCUT2D eigenvalue weighted by Crippen LogP contribution is -2.06. The van der Waals surface area contributed by atoms with E-state index in [1.165, 1.54) is 6.08 Å². The van der Waals surface area contributed by atoms with Crippen LogP contribution in [0.2, 0.25) is 0 Å². The van der Waals surface area contributed by atoms with Crippen molar-refractivity contribution in [3.05, 3.63) is 101 Å². The molecular weight excluding hydrogens is 382 g/mol. The van der Waals surface area contributed by atoms with Gasteiger partial charge in [0.15, 0.2) is 9.84 Å². The number of aryl methyl sites for hydroxylation is 3. The Kier molecular flexibility index (Phi) is 6.29. The van der Waals surface area contributed by atoms with Crippen molar-refractivity contribution in [3.63, 3.8) is 0 Å². The third-order valence-corrected chi connectivity index (χ3v) is 5.83. The molecule has 0 spiro atoms. The first-order valence-electron chi connectivity index (χ1n) is 9.22. The third-order valence-electron chi connectivity index (χ3n) is 4.40. The molecule has 0 aliphatic carbocycles. The molecule has 4 nitrogen and oxygen atoms in total. The van der Waals surface area contributed by atoms with Crippen LogP contribution in [0.15, 0.2) is 94.2 Å². The molecule has 5 heteroatoms. The molecule has 0 bridgehead atoms. The van der Waals surface area contributed by atoms with Crippen LogP contribution < -0.4 is 4.74 Å². The van der Waals surface area contributed by atoms with Gasteiger partial charge >= 0.3 is 0 Å². The molecule has 0 atom stereocenters. The van der Waals surface area contributed by atoms with Gasteiger partial charge in [0.25, 0.3) is 0 Å². The molecule has 0 saturated heterocycles. The molecule has 0 fully saturated rings. The number of nitrogens with zero attached hydrogens (tertiary/aromatic N) is 1. The Labute approximate surface area is 172 Å². The van der Waals surface area contributed by atoms with E-state index >= 15 is 0 Å². The first kappa shape index (κ1) is 20.6. The average Bonchev–Trinajstić information content (AvgIpc) is 2.70. The minimum absolute atomic E-state index is 0.193. The zero-order valence-electron chi connectivity index (χ0n) is 16.7. The van der Waals surface area contributed by atoms with Crippen LogP contribution in [0, 0.1) is 20.8 Å². The molecule has 3 rings (SSSR count). The molecule has 0 aliphatic rings. The molecule has 148 valence electrons. The highest BCUT2D eigenvalue weighted by Gasteiger charge is 2.11. The summed E-state index contributed by atoms with van der Waals surface area (Å²) in [4.78, 5) is 4.75. The Morgan fingerprint density at radius 3 is 2.31 bits per heavy atom. The summed E-state index contributed by atoms with van der Waals surface area (Å²) in [5.74, 6) is 0.785. The number of hydrogen-bond acceptors (Lipinski definition) is 4. The third kappa shape index (κ3) is 5.65. The van der Waals surface area contributed by atoms with Crippen molar-refractivity contribution in [1.82, 2.24) is 0 Å². The fraction of sp³-hybridized carbons (Fsp3) is 0.125. The van der Waals surface area contributed by atoms with E-state index in [0.29, 0.717) is 11.4 Å². The standard InChI is InChI=1S/C24H23NO3S/c1-18-8-7-9-22(16-18)28-24(25-21-13-12-19(2)20(3)17-21)14-15-29(26,27)23-10-5-4-6-11-23/h4-17H,1-3H3/b15-14+,25-24-. The average molecular weight is 406 g/mol. The van der Waals surface area contributed by atoms with E-state index < -0.39 is 9.84 Å². The lowest BCUT2D eigenvalue weighted by atomic mass is 10.1. The molecule has 3 aromatic rings. The lowest BCUT2D eigenvalue weighted by molar-refractivity contribution is 0.555. The van der Waals surface area contributed by atoms with Crippen molar-refractivity contribution >= 4 is 21.4 Å². The molecule has 0 amide bonds. The zero-order chi connectivity index (χ0) is 20.9. The summed E-state index contributed by atoms with van der Waals surface area (Å²) >= 11 is 0. The summed E-state index contributed by atoms with van der Waals surface area (Å²) in [7, 11) is -3.60. The van der Waals surface area contributed by atoms with Crippen LogP contribution in [-0.4, -0.2) is 14.3 Å². The van der Waals surface area contributed by atoms with Crippen molar-refractivity contribution in [2.24, 2.45) is 4.99 Å². The number of ether oxygens (including phenoxy) is 1. The summed E-state index contributed by atoms with van der Waals surface area (Å²) < 4.78 is 31.1. The van der Waals surface area contributed by atoms with Crippen molar-refractivity contribution in [3.8, 4) is 5.75 Å². The predicted molar refractivity (Wildman–Crippen MR) is 118 cm³/mol. The monoisotopic (exact) mass is 405 g/mol. The van der Waals surface area contributed by atoms with Crippen LogP contribution in [0.25, 0.3) is 0 Å². The van der Waals surface area contributed by atoms with E-state index in [1.807, 2.05) is 63.2 Å². The Balaban J connectivity index is 1.98. The van der Waals surface area contributed by atoms with Gasteiger partial charge in [-0.1, -0.05) is 36.4 Å². The van der Waals surface area contributed by atoms with Gasteiger partial charge in [0.2, 0.25) is 5.90 Å². The van der Waals surface area contributed by atoms with E-state index in [0.717, 1.165) is 22.1 Å². The minimum Gasteiger partial charge on any atom is -0.439 e. The van der Waals surface area contributed by atoms with Gasteiger partial charge in [0, 0.05) is 11.5 Å². The highest BCUT2D eigenvalue weighted by Crippen LogP contribution is 2.20. The normalized spacial score (nSPS) is 12.3. The number of aliphatic imine (C=N–C) groups is 1. The van der Waals surface area contributed by atoms with Crippen molar-refractivity contribution < 1.29 is 13.2 Å². The highest BCUT2D eigenvalue weighted by molar-refractivity contribution is 7.94. The summed E-state index contributed by atoms with van der Waals surface area (Å²) in [5, 5.41) is 1.12. The molecule has 3 aromatic carbocycles. The number of hydrogen-bond donors (Lipinski definition) is 0. The molecule has 0 radical (unpaired) electrons.